The molecule has 0 aromatic carbocycles. The van der Waals surface area contributed by atoms with Crippen LogP contribution in [0.5, 0.6) is 0 Å². The Morgan fingerprint density at radius 1 is 1.00 bits per heavy atom. The number of carbonyl (C=O) groups is 2. The SMILES string of the molecule is CC1CC(C)CC(N2CC(=O)OC(=O)C2)C1. The molecule has 2 aliphatic rings. The van der Waals surface area contributed by atoms with Crippen molar-refractivity contribution in [1.82, 2.24) is 4.90 Å². The number of esters is 2. The maximum atomic E-state index is 11.2. The lowest BCUT2D eigenvalue weighted by molar-refractivity contribution is -0.168. The molecule has 2 fully saturated rings. The molecule has 0 aromatic heterocycles. The predicted octanol–water partition coefficient (Wildman–Crippen LogP) is 1.20. The summed E-state index contributed by atoms with van der Waals surface area (Å²) in [6.07, 6.45) is 3.43. The second-order valence-electron chi connectivity index (χ2n) is 5.32. The summed E-state index contributed by atoms with van der Waals surface area (Å²) in [5, 5.41) is 0. The maximum Gasteiger partial charge on any atom is 0.327 e. The van der Waals surface area contributed by atoms with Crippen LogP contribution >= 0.6 is 0 Å². The van der Waals surface area contributed by atoms with Gasteiger partial charge in [-0.25, -0.2) is 0 Å². The standard InChI is InChI=1S/C12H19NO3/c1-8-3-9(2)5-10(4-8)13-6-11(14)16-12(15)7-13/h8-10H,3-7H2,1-2H3. The topological polar surface area (TPSA) is 46.6 Å². The monoisotopic (exact) mass is 225 g/mol. The summed E-state index contributed by atoms with van der Waals surface area (Å²) in [4.78, 5) is 24.4. The van der Waals surface area contributed by atoms with Crippen LogP contribution in [0.1, 0.15) is 33.1 Å². The van der Waals surface area contributed by atoms with Gasteiger partial charge in [-0.1, -0.05) is 13.8 Å². The van der Waals surface area contributed by atoms with Gasteiger partial charge in [0.2, 0.25) is 0 Å². The molecule has 2 atom stereocenters. The molecule has 0 aromatic rings. The number of ether oxygens (including phenoxy) is 1. The highest BCUT2D eigenvalue weighted by Crippen LogP contribution is 2.31. The third-order valence-corrected chi connectivity index (χ3v) is 3.56. The summed E-state index contributed by atoms with van der Waals surface area (Å²) in [6.45, 7) is 5.03. The second kappa shape index (κ2) is 4.53. The molecule has 1 heterocycles. The van der Waals surface area contributed by atoms with Gasteiger partial charge in [0.1, 0.15) is 0 Å². The summed E-state index contributed by atoms with van der Waals surface area (Å²) >= 11 is 0. The lowest BCUT2D eigenvalue weighted by Crippen LogP contribution is -2.50. The Morgan fingerprint density at radius 2 is 1.50 bits per heavy atom. The fourth-order valence-electron chi connectivity index (χ4n) is 3.04. The van der Waals surface area contributed by atoms with Crippen LogP contribution in [0.3, 0.4) is 0 Å². The number of carbonyl (C=O) groups excluding carboxylic acids is 2. The Hall–Kier alpha value is -0.900. The minimum atomic E-state index is -0.401. The number of rotatable bonds is 1. The van der Waals surface area contributed by atoms with Gasteiger partial charge < -0.3 is 4.74 Å². The summed E-state index contributed by atoms with van der Waals surface area (Å²) in [7, 11) is 0. The van der Waals surface area contributed by atoms with Crippen LogP contribution < -0.4 is 0 Å². The molecular formula is C12H19NO3. The molecule has 0 N–H and O–H groups in total. The summed E-state index contributed by atoms with van der Waals surface area (Å²) in [6, 6.07) is 0.371. The Balaban J connectivity index is 2.00. The van der Waals surface area contributed by atoms with Gasteiger partial charge in [0.25, 0.3) is 0 Å². The molecule has 0 spiro atoms. The third-order valence-electron chi connectivity index (χ3n) is 3.56. The minimum Gasteiger partial charge on any atom is -0.391 e. The first kappa shape index (κ1) is 11.6. The molecule has 1 aliphatic carbocycles. The lowest BCUT2D eigenvalue weighted by atomic mass is 9.79. The van der Waals surface area contributed by atoms with Gasteiger partial charge in [-0.15, -0.1) is 0 Å². The van der Waals surface area contributed by atoms with Crippen LogP contribution in [0.15, 0.2) is 0 Å². The molecule has 1 aliphatic heterocycles. The smallest absolute Gasteiger partial charge is 0.327 e. The predicted molar refractivity (Wildman–Crippen MR) is 58.6 cm³/mol. The van der Waals surface area contributed by atoms with Crippen molar-refractivity contribution in [3.63, 3.8) is 0 Å². The Labute approximate surface area is 95.9 Å². The molecular weight excluding hydrogens is 206 g/mol. The first-order valence-corrected chi connectivity index (χ1v) is 6.02. The lowest BCUT2D eigenvalue weighted by Gasteiger charge is -2.39. The van der Waals surface area contributed by atoms with Crippen molar-refractivity contribution in [2.75, 3.05) is 13.1 Å². The molecule has 90 valence electrons. The molecule has 4 heteroatoms. The minimum absolute atomic E-state index is 0.274. The van der Waals surface area contributed by atoms with E-state index in [9.17, 15) is 9.59 Å². The maximum absolute atomic E-state index is 11.2. The van der Waals surface area contributed by atoms with Gasteiger partial charge in [0.05, 0.1) is 13.1 Å². The Morgan fingerprint density at radius 3 is 2.00 bits per heavy atom. The van der Waals surface area contributed by atoms with E-state index in [1.165, 1.54) is 6.42 Å². The molecule has 16 heavy (non-hydrogen) atoms. The van der Waals surface area contributed by atoms with E-state index in [4.69, 9.17) is 0 Å². The van der Waals surface area contributed by atoms with Crippen LogP contribution in [-0.4, -0.2) is 36.0 Å². The molecule has 0 radical (unpaired) electrons. The largest absolute Gasteiger partial charge is 0.391 e. The van der Waals surface area contributed by atoms with Crippen molar-refractivity contribution in [2.45, 2.75) is 39.2 Å². The zero-order valence-electron chi connectivity index (χ0n) is 9.94. The van der Waals surface area contributed by atoms with E-state index in [1.54, 1.807) is 0 Å². The zero-order chi connectivity index (χ0) is 11.7. The van der Waals surface area contributed by atoms with E-state index in [0.717, 1.165) is 12.8 Å². The van der Waals surface area contributed by atoms with E-state index in [1.807, 2.05) is 4.90 Å². The highest BCUT2D eigenvalue weighted by Gasteiger charge is 2.34. The highest BCUT2D eigenvalue weighted by atomic mass is 16.6. The van der Waals surface area contributed by atoms with Gasteiger partial charge in [0, 0.05) is 6.04 Å². The van der Waals surface area contributed by atoms with Gasteiger partial charge in [0.15, 0.2) is 0 Å². The number of morpholine rings is 1. The zero-order valence-corrected chi connectivity index (χ0v) is 9.94. The fourth-order valence-corrected chi connectivity index (χ4v) is 3.04. The van der Waals surface area contributed by atoms with Crippen molar-refractivity contribution in [2.24, 2.45) is 11.8 Å². The average Bonchev–Trinajstić information content (AvgIpc) is 2.14. The summed E-state index contributed by atoms with van der Waals surface area (Å²) < 4.78 is 4.54. The van der Waals surface area contributed by atoms with Crippen LogP contribution in [-0.2, 0) is 14.3 Å². The second-order valence-corrected chi connectivity index (χ2v) is 5.32. The average molecular weight is 225 g/mol. The molecule has 0 bridgehead atoms. The number of cyclic esters (lactones) is 2. The molecule has 0 amide bonds. The van der Waals surface area contributed by atoms with Crippen LogP contribution in [0.25, 0.3) is 0 Å². The van der Waals surface area contributed by atoms with Gasteiger partial charge in [-0.3, -0.25) is 14.5 Å². The third kappa shape index (κ3) is 2.61. The summed E-state index contributed by atoms with van der Waals surface area (Å²) in [5.74, 6) is 0.563. The number of hydrogen-bond donors (Lipinski definition) is 0. The van der Waals surface area contributed by atoms with Crippen molar-refractivity contribution in [3.05, 3.63) is 0 Å². The van der Waals surface area contributed by atoms with Crippen LogP contribution in [0, 0.1) is 11.8 Å². The molecule has 1 saturated carbocycles. The normalized spacial score (nSPS) is 37.2. The molecule has 2 rings (SSSR count). The van der Waals surface area contributed by atoms with Crippen LogP contribution in [0.2, 0.25) is 0 Å². The molecule has 2 unspecified atom stereocenters. The van der Waals surface area contributed by atoms with E-state index in [0.29, 0.717) is 17.9 Å². The van der Waals surface area contributed by atoms with Crippen molar-refractivity contribution in [1.29, 1.82) is 0 Å². The molecule has 4 nitrogen and oxygen atoms in total. The highest BCUT2D eigenvalue weighted by molar-refractivity contribution is 5.90. The summed E-state index contributed by atoms with van der Waals surface area (Å²) in [5.41, 5.74) is 0. The Kier molecular flexibility index (Phi) is 3.28. The van der Waals surface area contributed by atoms with Crippen molar-refractivity contribution >= 4 is 11.9 Å². The fraction of sp³-hybridized carbons (Fsp3) is 0.833. The van der Waals surface area contributed by atoms with Crippen molar-refractivity contribution < 1.29 is 14.3 Å². The first-order chi connectivity index (χ1) is 7.54. The van der Waals surface area contributed by atoms with E-state index in [-0.39, 0.29) is 13.1 Å². The first-order valence-electron chi connectivity index (χ1n) is 6.02. The van der Waals surface area contributed by atoms with Gasteiger partial charge >= 0.3 is 11.9 Å². The molecule has 1 saturated heterocycles. The van der Waals surface area contributed by atoms with Crippen LogP contribution in [0.4, 0.5) is 0 Å². The van der Waals surface area contributed by atoms with E-state index in [2.05, 4.69) is 18.6 Å². The van der Waals surface area contributed by atoms with E-state index >= 15 is 0 Å². The van der Waals surface area contributed by atoms with E-state index < -0.39 is 11.9 Å². The van der Waals surface area contributed by atoms with Crippen molar-refractivity contribution in [3.8, 4) is 0 Å². The van der Waals surface area contributed by atoms with Gasteiger partial charge in [-0.05, 0) is 31.1 Å². The Bertz CT molecular complexity index is 277. The number of hydrogen-bond acceptors (Lipinski definition) is 4. The van der Waals surface area contributed by atoms with Gasteiger partial charge in [-0.2, -0.15) is 0 Å². The number of nitrogens with zero attached hydrogens (tertiary/aromatic N) is 1. The quantitative estimate of drug-likeness (QED) is 0.497.